The van der Waals surface area contributed by atoms with Gasteiger partial charge in [-0.2, -0.15) is 0 Å². The van der Waals surface area contributed by atoms with Crippen LogP contribution in [0.3, 0.4) is 0 Å². The third-order valence-electron chi connectivity index (χ3n) is 5.01. The predicted molar refractivity (Wildman–Crippen MR) is 118 cm³/mol. The van der Waals surface area contributed by atoms with Gasteiger partial charge in [0.05, 0.1) is 10.9 Å². The summed E-state index contributed by atoms with van der Waals surface area (Å²) in [4.78, 5) is 9.43. The number of anilines is 1. The zero-order valence-corrected chi connectivity index (χ0v) is 16.4. The first-order valence-electron chi connectivity index (χ1n) is 9.84. The molecule has 0 aliphatic rings. The molecule has 1 atom stereocenters. The number of nitrogens with one attached hydrogen (secondary N) is 1. The number of aryl methyl sites for hydroxylation is 2. The highest BCUT2D eigenvalue weighted by Crippen LogP contribution is 2.32. The maximum atomic E-state index is 4.76. The summed E-state index contributed by atoms with van der Waals surface area (Å²) in [5.41, 5.74) is 4.69. The van der Waals surface area contributed by atoms with Crippen LogP contribution >= 0.6 is 0 Å². The number of rotatable bonds is 6. The lowest BCUT2D eigenvalue weighted by molar-refractivity contribution is 0.703. The van der Waals surface area contributed by atoms with E-state index in [-0.39, 0.29) is 0 Å². The fourth-order valence-corrected chi connectivity index (χ4v) is 3.60. The van der Waals surface area contributed by atoms with E-state index >= 15 is 0 Å². The molecule has 3 nitrogen and oxygen atoms in total. The van der Waals surface area contributed by atoms with Crippen LogP contribution < -0.4 is 5.32 Å². The Bertz CT molecular complexity index is 1060. The summed E-state index contributed by atoms with van der Waals surface area (Å²) in [5.74, 6) is 1.71. The van der Waals surface area contributed by atoms with Crippen LogP contribution in [0.5, 0.6) is 0 Å². The van der Waals surface area contributed by atoms with Gasteiger partial charge in [0.15, 0.2) is 0 Å². The molecule has 1 heterocycles. The van der Waals surface area contributed by atoms with Crippen LogP contribution in [0, 0.1) is 6.92 Å². The van der Waals surface area contributed by atoms with E-state index in [2.05, 4.69) is 90.0 Å². The zero-order valence-electron chi connectivity index (χ0n) is 16.4. The van der Waals surface area contributed by atoms with Crippen molar-refractivity contribution in [1.29, 1.82) is 0 Å². The molecule has 0 aliphatic carbocycles. The summed E-state index contributed by atoms with van der Waals surface area (Å²) in [6.45, 7) is 4.17. The van der Waals surface area contributed by atoms with E-state index in [9.17, 15) is 0 Å². The first-order chi connectivity index (χ1) is 13.7. The summed E-state index contributed by atoms with van der Waals surface area (Å²) in [6, 6.07) is 27.7. The summed E-state index contributed by atoms with van der Waals surface area (Å²) in [7, 11) is 0. The first kappa shape index (κ1) is 18.2. The van der Waals surface area contributed by atoms with Gasteiger partial charge in [0.25, 0.3) is 0 Å². The maximum Gasteiger partial charge on any atom is 0.138 e. The number of nitrogens with zero attached hydrogens (tertiary/aromatic N) is 2. The monoisotopic (exact) mass is 367 g/mol. The minimum atomic E-state index is 0.307. The SMILES string of the molecule is Cc1nc(NC(C)CCc2ccccc2)c2c(-c3ccccc3)cccc2n1. The quantitative estimate of drug-likeness (QED) is 0.451. The van der Waals surface area contributed by atoms with E-state index < -0.39 is 0 Å². The van der Waals surface area contributed by atoms with E-state index in [1.807, 2.05) is 13.0 Å². The van der Waals surface area contributed by atoms with Gasteiger partial charge in [-0.3, -0.25) is 0 Å². The van der Waals surface area contributed by atoms with Crippen LogP contribution in [0.25, 0.3) is 22.0 Å². The second-order valence-electron chi connectivity index (χ2n) is 7.25. The highest BCUT2D eigenvalue weighted by atomic mass is 15.0. The largest absolute Gasteiger partial charge is 0.367 e. The van der Waals surface area contributed by atoms with Crippen molar-refractivity contribution >= 4 is 16.7 Å². The molecule has 3 aromatic carbocycles. The highest BCUT2D eigenvalue weighted by molar-refractivity contribution is 6.01. The lowest BCUT2D eigenvalue weighted by Gasteiger charge is -2.18. The van der Waals surface area contributed by atoms with Gasteiger partial charge in [0, 0.05) is 6.04 Å². The minimum absolute atomic E-state index is 0.307. The molecule has 28 heavy (non-hydrogen) atoms. The molecule has 0 spiro atoms. The molecule has 0 saturated heterocycles. The first-order valence-corrected chi connectivity index (χ1v) is 9.84. The fourth-order valence-electron chi connectivity index (χ4n) is 3.60. The van der Waals surface area contributed by atoms with E-state index in [1.165, 1.54) is 11.1 Å². The average Bonchev–Trinajstić information content (AvgIpc) is 2.73. The van der Waals surface area contributed by atoms with Crippen LogP contribution in [0.2, 0.25) is 0 Å². The predicted octanol–water partition coefficient (Wildman–Crippen LogP) is 6.04. The lowest BCUT2D eigenvalue weighted by atomic mass is 10.0. The topological polar surface area (TPSA) is 37.8 Å². The van der Waals surface area contributed by atoms with Gasteiger partial charge >= 0.3 is 0 Å². The van der Waals surface area contributed by atoms with Crippen molar-refractivity contribution in [2.45, 2.75) is 32.7 Å². The Labute approximate surface area is 166 Å². The number of aromatic nitrogens is 2. The molecule has 4 rings (SSSR count). The molecule has 3 heteroatoms. The third-order valence-corrected chi connectivity index (χ3v) is 5.01. The molecule has 0 aliphatic heterocycles. The van der Waals surface area contributed by atoms with Gasteiger partial charge in [-0.15, -0.1) is 0 Å². The van der Waals surface area contributed by atoms with Crippen molar-refractivity contribution in [3.8, 4) is 11.1 Å². The third kappa shape index (κ3) is 4.04. The normalized spacial score (nSPS) is 12.1. The fraction of sp³-hybridized carbons (Fsp3) is 0.200. The summed E-state index contributed by atoms with van der Waals surface area (Å²) >= 11 is 0. The van der Waals surface area contributed by atoms with Gasteiger partial charge in [-0.05, 0) is 49.4 Å². The standard InChI is InChI=1S/C25H25N3/c1-18(16-17-20-10-5-3-6-11-20)26-25-24-22(21-12-7-4-8-13-21)14-9-15-23(24)27-19(2)28-25/h3-15,18H,16-17H2,1-2H3,(H,26,27,28). The number of hydrogen-bond donors (Lipinski definition) is 1. The molecule has 1 unspecified atom stereocenters. The second kappa shape index (κ2) is 8.22. The number of fused-ring (bicyclic) bond motifs is 1. The van der Waals surface area contributed by atoms with Crippen molar-refractivity contribution in [1.82, 2.24) is 9.97 Å². The smallest absolute Gasteiger partial charge is 0.138 e. The highest BCUT2D eigenvalue weighted by Gasteiger charge is 2.13. The molecule has 140 valence electrons. The van der Waals surface area contributed by atoms with E-state index in [1.54, 1.807) is 0 Å². The Hall–Kier alpha value is -3.20. The van der Waals surface area contributed by atoms with Crippen molar-refractivity contribution in [2.24, 2.45) is 0 Å². The van der Waals surface area contributed by atoms with Crippen molar-refractivity contribution in [2.75, 3.05) is 5.32 Å². The van der Waals surface area contributed by atoms with Crippen LogP contribution in [0.15, 0.2) is 78.9 Å². The lowest BCUT2D eigenvalue weighted by Crippen LogP contribution is -2.18. The Balaban J connectivity index is 1.66. The van der Waals surface area contributed by atoms with Crippen LogP contribution in [0.1, 0.15) is 24.7 Å². The molecule has 4 aromatic rings. The van der Waals surface area contributed by atoms with Crippen molar-refractivity contribution in [3.63, 3.8) is 0 Å². The van der Waals surface area contributed by atoms with E-state index in [0.29, 0.717) is 6.04 Å². The van der Waals surface area contributed by atoms with Crippen LogP contribution in [-0.2, 0) is 6.42 Å². The summed E-state index contributed by atoms with van der Waals surface area (Å²) in [5, 5.41) is 4.74. The molecule has 1 aromatic heterocycles. The maximum absolute atomic E-state index is 4.76. The Morgan fingerprint density at radius 3 is 2.29 bits per heavy atom. The molecule has 1 N–H and O–H groups in total. The van der Waals surface area contributed by atoms with Crippen molar-refractivity contribution in [3.05, 3.63) is 90.3 Å². The average molecular weight is 367 g/mol. The minimum Gasteiger partial charge on any atom is -0.367 e. The molecule has 0 fully saturated rings. The molecule has 0 bridgehead atoms. The molecule has 0 amide bonds. The second-order valence-corrected chi connectivity index (χ2v) is 7.25. The zero-order chi connectivity index (χ0) is 19.3. The van der Waals surface area contributed by atoms with E-state index in [0.717, 1.165) is 41.0 Å². The molecular formula is C25H25N3. The van der Waals surface area contributed by atoms with Crippen molar-refractivity contribution < 1.29 is 0 Å². The Morgan fingerprint density at radius 1 is 0.821 bits per heavy atom. The molecule has 0 radical (unpaired) electrons. The molecular weight excluding hydrogens is 342 g/mol. The summed E-state index contributed by atoms with van der Waals surface area (Å²) < 4.78 is 0. The van der Waals surface area contributed by atoms with Gasteiger partial charge in [0.1, 0.15) is 11.6 Å². The van der Waals surface area contributed by atoms with E-state index in [4.69, 9.17) is 4.98 Å². The van der Waals surface area contributed by atoms with Gasteiger partial charge in [-0.25, -0.2) is 9.97 Å². The molecule has 0 saturated carbocycles. The van der Waals surface area contributed by atoms with Crippen LogP contribution in [-0.4, -0.2) is 16.0 Å². The Kier molecular flexibility index (Phi) is 5.34. The number of hydrogen-bond acceptors (Lipinski definition) is 3. The Morgan fingerprint density at radius 2 is 1.54 bits per heavy atom. The van der Waals surface area contributed by atoms with Gasteiger partial charge < -0.3 is 5.32 Å². The van der Waals surface area contributed by atoms with Gasteiger partial charge in [-0.1, -0.05) is 72.8 Å². The number of benzene rings is 3. The van der Waals surface area contributed by atoms with Crippen LogP contribution in [0.4, 0.5) is 5.82 Å². The summed E-state index contributed by atoms with van der Waals surface area (Å²) in [6.07, 6.45) is 2.09. The van der Waals surface area contributed by atoms with Gasteiger partial charge in [0.2, 0.25) is 0 Å².